The Labute approximate surface area is 159 Å². The van der Waals surface area contributed by atoms with Crippen LogP contribution in [0.4, 0.5) is 10.9 Å². The van der Waals surface area contributed by atoms with E-state index in [4.69, 9.17) is 0 Å². The number of nitrogens with zero attached hydrogens (tertiary/aromatic N) is 4. The summed E-state index contributed by atoms with van der Waals surface area (Å²) >= 11 is 1.35. The van der Waals surface area contributed by atoms with Gasteiger partial charge in [-0.2, -0.15) is 4.52 Å². The van der Waals surface area contributed by atoms with E-state index in [9.17, 15) is 9.90 Å². The number of rotatable bonds is 5. The molecule has 4 rings (SSSR count). The zero-order chi connectivity index (χ0) is 18.8. The molecule has 0 atom stereocenters. The van der Waals surface area contributed by atoms with Gasteiger partial charge in [0.15, 0.2) is 0 Å². The van der Waals surface area contributed by atoms with Crippen LogP contribution in [0.3, 0.4) is 0 Å². The lowest BCUT2D eigenvalue weighted by atomic mass is 10.1. The van der Waals surface area contributed by atoms with Crippen molar-refractivity contribution in [2.75, 3.05) is 36.4 Å². The Kier molecular flexibility index (Phi) is 4.78. The van der Waals surface area contributed by atoms with Crippen LogP contribution in [-0.2, 0) is 6.54 Å². The van der Waals surface area contributed by atoms with Gasteiger partial charge in [0.05, 0.1) is 0 Å². The van der Waals surface area contributed by atoms with Crippen LogP contribution in [0, 0.1) is 0 Å². The van der Waals surface area contributed by atoms with E-state index in [-0.39, 0.29) is 11.3 Å². The van der Waals surface area contributed by atoms with E-state index in [0.29, 0.717) is 28.0 Å². The van der Waals surface area contributed by atoms with Crippen molar-refractivity contribution in [1.82, 2.24) is 19.9 Å². The molecule has 1 fully saturated rings. The maximum Gasteiger partial charge on any atom is 0.277 e. The van der Waals surface area contributed by atoms with Crippen molar-refractivity contribution in [2.45, 2.75) is 6.54 Å². The highest BCUT2D eigenvalue weighted by atomic mass is 32.1. The maximum atomic E-state index is 12.4. The van der Waals surface area contributed by atoms with Crippen molar-refractivity contribution < 1.29 is 5.11 Å². The van der Waals surface area contributed by atoms with Gasteiger partial charge in [-0.3, -0.25) is 4.79 Å². The quantitative estimate of drug-likeness (QED) is 0.576. The summed E-state index contributed by atoms with van der Waals surface area (Å²) in [4.78, 5) is 19.7. The van der Waals surface area contributed by atoms with Crippen LogP contribution in [0.15, 0.2) is 41.7 Å². The second-order valence-corrected chi connectivity index (χ2v) is 7.24. The first-order valence-electron chi connectivity index (χ1n) is 8.68. The number of aliphatic hydroxyl groups is 1. The van der Waals surface area contributed by atoms with Crippen molar-refractivity contribution >= 4 is 33.0 Å². The highest BCUT2D eigenvalue weighted by molar-refractivity contribution is 7.20. The van der Waals surface area contributed by atoms with Gasteiger partial charge in [0.25, 0.3) is 5.56 Å². The number of piperazine rings is 1. The average Bonchev–Trinajstić information content (AvgIpc) is 3.11. The van der Waals surface area contributed by atoms with Crippen molar-refractivity contribution in [3.8, 4) is 0 Å². The Balaban J connectivity index is 1.51. The lowest BCUT2D eigenvalue weighted by molar-refractivity contribution is 0.514. The molecule has 0 radical (unpaired) electrons. The molecule has 8 nitrogen and oxygen atoms in total. The van der Waals surface area contributed by atoms with Crippen molar-refractivity contribution in [2.24, 2.45) is 0 Å². The second-order valence-electron chi connectivity index (χ2n) is 6.29. The first-order chi connectivity index (χ1) is 13.1. The van der Waals surface area contributed by atoms with Crippen LogP contribution in [0.25, 0.3) is 10.7 Å². The number of aromatic nitrogens is 3. The van der Waals surface area contributed by atoms with Crippen molar-refractivity contribution in [3.63, 3.8) is 0 Å². The monoisotopic (exact) mass is 384 g/mol. The fourth-order valence-electron chi connectivity index (χ4n) is 2.92. The zero-order valence-corrected chi connectivity index (χ0v) is 15.5. The van der Waals surface area contributed by atoms with Crippen LogP contribution in [0.1, 0.15) is 11.1 Å². The van der Waals surface area contributed by atoms with Gasteiger partial charge in [0.2, 0.25) is 10.1 Å². The molecule has 0 aliphatic carbocycles. The molecule has 0 amide bonds. The number of anilines is 2. The lowest BCUT2D eigenvalue weighted by Crippen LogP contribution is -2.44. The summed E-state index contributed by atoms with van der Waals surface area (Å²) in [6, 6.07) is 8.98. The van der Waals surface area contributed by atoms with Crippen LogP contribution < -0.4 is 21.1 Å². The van der Waals surface area contributed by atoms with Crippen LogP contribution in [0.2, 0.25) is 0 Å². The third kappa shape index (κ3) is 3.79. The molecule has 9 heteroatoms. The smallest absolute Gasteiger partial charge is 0.277 e. The SMILES string of the molecule is C=C(O)c1ccc(CNc2nn3c(=O)cc(N4CCNCC4)nc3s2)cc1. The van der Waals surface area contributed by atoms with E-state index in [1.807, 2.05) is 24.3 Å². The van der Waals surface area contributed by atoms with E-state index in [1.165, 1.54) is 15.9 Å². The van der Waals surface area contributed by atoms with E-state index < -0.39 is 0 Å². The summed E-state index contributed by atoms with van der Waals surface area (Å²) in [5.74, 6) is 0.753. The topological polar surface area (TPSA) is 94.8 Å². The number of nitrogens with one attached hydrogen (secondary N) is 2. The molecule has 3 aromatic rings. The lowest BCUT2D eigenvalue weighted by Gasteiger charge is -2.27. The largest absolute Gasteiger partial charge is 0.508 e. The fourth-order valence-corrected chi connectivity index (χ4v) is 3.72. The molecule has 27 heavy (non-hydrogen) atoms. The molecule has 0 bridgehead atoms. The van der Waals surface area contributed by atoms with Gasteiger partial charge in [0.1, 0.15) is 11.6 Å². The second kappa shape index (κ2) is 7.37. The molecule has 3 heterocycles. The molecular formula is C18H20N6O2S. The predicted octanol–water partition coefficient (Wildman–Crippen LogP) is 1.70. The summed E-state index contributed by atoms with van der Waals surface area (Å²) in [6.07, 6.45) is 0. The van der Waals surface area contributed by atoms with E-state index in [1.54, 1.807) is 6.07 Å². The number of aliphatic hydroxyl groups excluding tert-OH is 1. The summed E-state index contributed by atoms with van der Waals surface area (Å²) in [7, 11) is 0. The molecule has 140 valence electrons. The third-order valence-corrected chi connectivity index (χ3v) is 5.27. The summed E-state index contributed by atoms with van der Waals surface area (Å²) < 4.78 is 1.33. The standard InChI is InChI=1S/C18H20N6O2S/c1-12(25)14-4-2-13(3-5-14)11-20-17-22-24-16(26)10-15(21-18(24)27-17)23-8-6-19-7-9-23/h2-5,10,19,25H,1,6-9,11H2,(H,20,22). The van der Waals surface area contributed by atoms with Gasteiger partial charge in [-0.05, 0) is 5.56 Å². The fraction of sp³-hybridized carbons (Fsp3) is 0.278. The number of hydrogen-bond acceptors (Lipinski definition) is 8. The molecule has 1 aliphatic rings. The van der Waals surface area contributed by atoms with Gasteiger partial charge in [0, 0.05) is 44.4 Å². The normalized spacial score (nSPS) is 14.4. The number of benzene rings is 1. The van der Waals surface area contributed by atoms with Gasteiger partial charge < -0.3 is 20.6 Å². The first-order valence-corrected chi connectivity index (χ1v) is 9.49. The van der Waals surface area contributed by atoms with Gasteiger partial charge >= 0.3 is 0 Å². The molecule has 0 saturated carbocycles. The number of fused-ring (bicyclic) bond motifs is 1. The van der Waals surface area contributed by atoms with E-state index in [2.05, 4.69) is 32.2 Å². The highest BCUT2D eigenvalue weighted by Gasteiger charge is 2.15. The van der Waals surface area contributed by atoms with Crippen LogP contribution in [-0.4, -0.2) is 45.9 Å². The van der Waals surface area contributed by atoms with Crippen molar-refractivity contribution in [3.05, 3.63) is 58.4 Å². The van der Waals surface area contributed by atoms with Gasteiger partial charge in [-0.1, -0.05) is 42.2 Å². The Morgan fingerprint density at radius 3 is 2.74 bits per heavy atom. The van der Waals surface area contributed by atoms with Crippen molar-refractivity contribution in [1.29, 1.82) is 0 Å². The molecule has 2 aromatic heterocycles. The molecule has 1 saturated heterocycles. The molecular weight excluding hydrogens is 364 g/mol. The Morgan fingerprint density at radius 2 is 2.04 bits per heavy atom. The third-order valence-electron chi connectivity index (χ3n) is 4.40. The summed E-state index contributed by atoms with van der Waals surface area (Å²) in [5, 5.41) is 20.9. The van der Waals surface area contributed by atoms with E-state index >= 15 is 0 Å². The summed E-state index contributed by atoms with van der Waals surface area (Å²) in [5.41, 5.74) is 1.54. The Morgan fingerprint density at radius 1 is 1.30 bits per heavy atom. The minimum Gasteiger partial charge on any atom is -0.508 e. The molecule has 1 aliphatic heterocycles. The minimum atomic E-state index is -0.177. The van der Waals surface area contributed by atoms with Gasteiger partial charge in [-0.25, -0.2) is 4.98 Å². The molecule has 0 spiro atoms. The Hall–Kier alpha value is -2.91. The first kappa shape index (κ1) is 17.5. The predicted molar refractivity (Wildman–Crippen MR) is 108 cm³/mol. The highest BCUT2D eigenvalue weighted by Crippen LogP contribution is 2.20. The summed E-state index contributed by atoms with van der Waals surface area (Å²) in [6.45, 7) is 7.51. The minimum absolute atomic E-state index is 0.0476. The molecule has 1 aromatic carbocycles. The molecule has 3 N–H and O–H groups in total. The van der Waals surface area contributed by atoms with E-state index in [0.717, 1.165) is 31.7 Å². The van der Waals surface area contributed by atoms with Crippen LogP contribution >= 0.6 is 11.3 Å². The maximum absolute atomic E-state index is 12.4. The van der Waals surface area contributed by atoms with Gasteiger partial charge in [-0.15, -0.1) is 5.10 Å². The average molecular weight is 384 g/mol. The number of hydrogen-bond donors (Lipinski definition) is 3. The van der Waals surface area contributed by atoms with Crippen LogP contribution in [0.5, 0.6) is 0 Å². The zero-order valence-electron chi connectivity index (χ0n) is 14.7. The molecule has 0 unspecified atom stereocenters. The Bertz CT molecular complexity index is 1020.